The number of likely N-dealkylation sites (tertiary alicyclic amines) is 2. The van der Waals surface area contributed by atoms with E-state index < -0.39 is 25.3 Å². The van der Waals surface area contributed by atoms with Crippen LogP contribution in [0.15, 0.2) is 119 Å². The van der Waals surface area contributed by atoms with Crippen LogP contribution >= 0.6 is 0 Å². The average molecular weight is 1070 g/mol. The Morgan fingerprint density at radius 1 is 0.618 bits per heavy atom. The monoisotopic (exact) mass is 1070 g/mol. The Morgan fingerprint density at radius 2 is 1.11 bits per heavy atom. The number of sulfone groups is 1. The summed E-state index contributed by atoms with van der Waals surface area (Å²) < 4.78 is 55.8. The normalized spacial score (nSPS) is 18.5. The molecule has 4 amide bonds. The van der Waals surface area contributed by atoms with Crippen molar-refractivity contribution in [3.63, 3.8) is 0 Å². The number of nitrogens with one attached hydrogen (secondary N) is 3. The van der Waals surface area contributed by atoms with Crippen molar-refractivity contribution >= 4 is 31.9 Å². The number of nitrogens with zero attached hydrogens (tertiary/aromatic N) is 7. The highest BCUT2D eigenvalue weighted by molar-refractivity contribution is 7.91. The number of rotatable bonds is 17. The summed E-state index contributed by atoms with van der Waals surface area (Å²) in [7, 11) is -5.59. The molecule has 4 unspecified atom stereocenters. The van der Waals surface area contributed by atoms with E-state index in [9.17, 15) is 26.4 Å². The quantitative estimate of drug-likeness (QED) is 0.0798. The van der Waals surface area contributed by atoms with Gasteiger partial charge in [-0.1, -0.05) is 108 Å². The molecule has 6 aromatic rings. The maximum atomic E-state index is 14.1. The first-order chi connectivity index (χ1) is 35.9. The first kappa shape index (κ1) is 55.9. The zero-order valence-corrected chi connectivity index (χ0v) is 47.5. The van der Waals surface area contributed by atoms with E-state index in [-0.39, 0.29) is 81.9 Å². The minimum atomic E-state index is -3.58. The second-order valence-corrected chi connectivity index (χ2v) is 26.9. The Morgan fingerprint density at radius 3 is 1.61 bits per heavy atom. The van der Waals surface area contributed by atoms with Gasteiger partial charge in [-0.05, 0) is 98.8 Å². The van der Waals surface area contributed by atoms with Crippen LogP contribution in [0.3, 0.4) is 0 Å². The van der Waals surface area contributed by atoms with Crippen molar-refractivity contribution in [1.82, 2.24) is 49.7 Å². The van der Waals surface area contributed by atoms with Gasteiger partial charge in [0.15, 0.2) is 9.84 Å². The van der Waals surface area contributed by atoms with Gasteiger partial charge >= 0.3 is 12.1 Å². The van der Waals surface area contributed by atoms with Gasteiger partial charge in [-0.3, -0.25) is 14.3 Å². The third kappa shape index (κ3) is 12.2. The van der Waals surface area contributed by atoms with E-state index >= 15 is 0 Å². The molecule has 0 saturated carbocycles. The molecule has 16 nitrogen and oxygen atoms in total. The molecular weight excluding hydrogens is 997 g/mol. The zero-order chi connectivity index (χ0) is 54.9. The van der Waals surface area contributed by atoms with Crippen molar-refractivity contribution in [2.75, 3.05) is 39.0 Å². The Hall–Kier alpha value is -6.37. The smallest absolute Gasteiger partial charge is 0.317 e. The molecule has 2 aliphatic heterocycles. The third-order valence-electron chi connectivity index (χ3n) is 15.1. The molecule has 3 aromatic heterocycles. The Labute approximate surface area is 450 Å². The maximum Gasteiger partial charge on any atom is 0.317 e. The van der Waals surface area contributed by atoms with E-state index in [0.717, 1.165) is 44.8 Å². The molecular formula is C58H76N10O6S2. The summed E-state index contributed by atoms with van der Waals surface area (Å²) in [5.41, 5.74) is 8.43. The van der Waals surface area contributed by atoms with Gasteiger partial charge in [-0.2, -0.15) is 10.2 Å². The molecule has 2 fully saturated rings. The largest absolute Gasteiger partial charge is 0.334 e. The lowest BCUT2D eigenvalue weighted by atomic mass is 9.75. The molecule has 8 rings (SSSR count). The highest BCUT2D eigenvalue weighted by Gasteiger charge is 2.43. The molecule has 0 bridgehead atoms. The third-order valence-corrected chi connectivity index (χ3v) is 18.3. The van der Waals surface area contributed by atoms with E-state index in [4.69, 9.17) is 10.2 Å². The lowest BCUT2D eigenvalue weighted by molar-refractivity contribution is 0.206. The van der Waals surface area contributed by atoms with Gasteiger partial charge in [0.2, 0.25) is 10.0 Å². The second-order valence-electron chi connectivity index (χ2n) is 22.8. The van der Waals surface area contributed by atoms with Crippen molar-refractivity contribution < 1.29 is 26.4 Å². The topological polar surface area (TPSA) is 194 Å². The molecule has 2 aliphatic rings. The van der Waals surface area contributed by atoms with Gasteiger partial charge in [0.05, 0.1) is 39.2 Å². The predicted molar refractivity (Wildman–Crippen MR) is 297 cm³/mol. The van der Waals surface area contributed by atoms with Crippen LogP contribution in [0.4, 0.5) is 9.59 Å². The highest BCUT2D eigenvalue weighted by Crippen LogP contribution is 2.46. The van der Waals surface area contributed by atoms with E-state index in [0.29, 0.717) is 38.3 Å². The number of amides is 4. The molecule has 5 heterocycles. The number of aromatic nitrogens is 5. The number of sulfonamides is 1. The van der Waals surface area contributed by atoms with Crippen LogP contribution in [-0.2, 0) is 50.2 Å². The molecule has 0 spiro atoms. The SMILES string of the molecule is CCS(=O)(=O)c1ccc(CNC(=O)N2CC(c3ccc(CC(C)(C)c4nn(C(C)C)cc4C4CN(C(=O)NCc5ccc(S(=O)(=O)NC)cc5)CC4c4ccccc4)cc3)C(c3cn(C(C)C)nc3C(C)(C)C)C2)nc1. The standard InChI is InChI=1S/C58H76N10O6S2/c1-12-75(71,72)46-27-24-44(60-31-46)30-62-56(70)66-33-48(49(34-66)51-36-67(38(2)3)63-53(51)57(6,7)8)43-22-18-40(19-23-43)28-58(9,10)54-52(37-68(64-54)39(4)5)50-35-65(32-47(50)42-16-14-13-15-17-42)55(69)61-29-41-20-25-45(26-21-41)76(73,74)59-11/h13-27,31,36-39,47-50,59H,12,28-30,32-35H2,1-11H3,(H,61,69)(H,62,70). The Balaban J connectivity index is 1.04. The minimum absolute atomic E-state index is 0.0129. The minimum Gasteiger partial charge on any atom is -0.334 e. The summed E-state index contributed by atoms with van der Waals surface area (Å²) in [6, 6.07) is 28.8. The van der Waals surface area contributed by atoms with Gasteiger partial charge in [0.25, 0.3) is 0 Å². The number of pyridine rings is 1. The lowest BCUT2D eigenvalue weighted by Gasteiger charge is -2.28. The van der Waals surface area contributed by atoms with Crippen LogP contribution < -0.4 is 15.4 Å². The Kier molecular flexibility index (Phi) is 16.4. The molecule has 4 atom stereocenters. The maximum absolute atomic E-state index is 14.1. The fraction of sp³-hybridized carbons (Fsp3) is 0.466. The Bertz CT molecular complexity index is 3220. The van der Waals surface area contributed by atoms with Crippen molar-refractivity contribution in [2.45, 2.75) is 145 Å². The van der Waals surface area contributed by atoms with Crippen molar-refractivity contribution in [3.8, 4) is 0 Å². The summed E-state index contributed by atoms with van der Waals surface area (Å²) in [6.45, 7) is 23.6. The fourth-order valence-corrected chi connectivity index (χ4v) is 12.3. The van der Waals surface area contributed by atoms with Crippen molar-refractivity contribution in [3.05, 3.63) is 160 Å². The van der Waals surface area contributed by atoms with Crippen LogP contribution in [-0.4, -0.2) is 102 Å². The molecule has 406 valence electrons. The summed E-state index contributed by atoms with van der Waals surface area (Å²) >= 11 is 0. The number of hydrogen-bond acceptors (Lipinski definition) is 9. The van der Waals surface area contributed by atoms with E-state index in [1.54, 1.807) is 43.3 Å². The fourth-order valence-electron chi connectivity index (χ4n) is 10.8. The lowest BCUT2D eigenvalue weighted by Crippen LogP contribution is -2.38. The molecule has 3 aromatic carbocycles. The summed E-state index contributed by atoms with van der Waals surface area (Å²) in [5, 5.41) is 16.6. The van der Waals surface area contributed by atoms with E-state index in [1.807, 2.05) is 32.7 Å². The number of hydrogen-bond donors (Lipinski definition) is 3. The molecule has 0 aliphatic carbocycles. The molecule has 3 N–H and O–H groups in total. The van der Waals surface area contributed by atoms with Crippen LogP contribution in [0.25, 0.3) is 0 Å². The summed E-state index contributed by atoms with van der Waals surface area (Å²) in [6.07, 6.45) is 6.42. The van der Waals surface area contributed by atoms with Gasteiger partial charge in [0, 0.05) is 97.9 Å². The van der Waals surface area contributed by atoms with Gasteiger partial charge in [-0.25, -0.2) is 31.1 Å². The zero-order valence-electron chi connectivity index (χ0n) is 45.9. The van der Waals surface area contributed by atoms with E-state index in [2.05, 4.69) is 136 Å². The highest BCUT2D eigenvalue weighted by atomic mass is 32.2. The first-order valence-corrected chi connectivity index (χ1v) is 29.6. The van der Waals surface area contributed by atoms with Crippen LogP contribution in [0.2, 0.25) is 0 Å². The summed E-state index contributed by atoms with van der Waals surface area (Å²) in [5.74, 6) is -0.0973. The van der Waals surface area contributed by atoms with Gasteiger partial charge < -0.3 is 20.4 Å². The van der Waals surface area contributed by atoms with Gasteiger partial charge in [0.1, 0.15) is 0 Å². The molecule has 0 radical (unpaired) electrons. The van der Waals surface area contributed by atoms with Crippen LogP contribution in [0.5, 0.6) is 0 Å². The number of carbonyl (C=O) groups is 2. The van der Waals surface area contributed by atoms with E-state index in [1.165, 1.54) is 13.2 Å². The molecule has 2 saturated heterocycles. The number of urea groups is 2. The molecule has 76 heavy (non-hydrogen) atoms. The van der Waals surface area contributed by atoms with Crippen molar-refractivity contribution in [2.24, 2.45) is 0 Å². The van der Waals surface area contributed by atoms with Crippen molar-refractivity contribution in [1.29, 1.82) is 0 Å². The average Bonchev–Trinajstić information content (AvgIpc) is 4.25. The number of benzene rings is 3. The predicted octanol–water partition coefficient (Wildman–Crippen LogP) is 9.34. The molecule has 18 heteroatoms. The van der Waals surface area contributed by atoms with Crippen LogP contribution in [0, 0.1) is 0 Å². The van der Waals surface area contributed by atoms with Crippen LogP contribution in [0.1, 0.15) is 155 Å². The summed E-state index contributed by atoms with van der Waals surface area (Å²) in [4.78, 5) is 36.5. The first-order valence-electron chi connectivity index (χ1n) is 26.5. The second kappa shape index (κ2) is 22.3. The number of carbonyl (C=O) groups excluding carboxylic acids is 2. The van der Waals surface area contributed by atoms with Gasteiger partial charge in [-0.15, -0.1) is 0 Å².